The van der Waals surface area contributed by atoms with Gasteiger partial charge in [0.25, 0.3) is 0 Å². The highest BCUT2D eigenvalue weighted by atomic mass is 31.2. The highest BCUT2D eigenvalue weighted by Gasteiger charge is 2.23. The molecule has 4 rings (SSSR count). The van der Waals surface area contributed by atoms with Gasteiger partial charge >= 0.3 is 7.82 Å². The number of benzene rings is 1. The minimum atomic E-state index is -4.68. The Morgan fingerprint density at radius 3 is 2.35 bits per heavy atom. The molecule has 0 aliphatic heterocycles. The number of nitrogen functional groups attached to an aromatic ring is 2. The zero-order valence-corrected chi connectivity index (χ0v) is 21.8. The molecule has 40 heavy (non-hydrogen) atoms. The van der Waals surface area contributed by atoms with Gasteiger partial charge in [0.1, 0.15) is 5.82 Å². The number of carbonyl (C=O) groups is 1. The van der Waals surface area contributed by atoms with E-state index < -0.39 is 45.7 Å². The summed E-state index contributed by atoms with van der Waals surface area (Å²) in [6, 6.07) is 2.32. The quantitative estimate of drug-likeness (QED) is 0.0730. The van der Waals surface area contributed by atoms with Crippen LogP contribution in [0.5, 0.6) is 0 Å². The fraction of sp³-hybridized carbons (Fsp3) is 0.273. The molecule has 4 aromatic rings. The summed E-state index contributed by atoms with van der Waals surface area (Å²) in [4.78, 5) is 33.8. The molecule has 1 aromatic carbocycles. The van der Waals surface area contributed by atoms with Crippen LogP contribution in [0, 0.1) is 5.82 Å². The van der Waals surface area contributed by atoms with Crippen molar-refractivity contribution in [2.24, 2.45) is 5.73 Å². The predicted molar refractivity (Wildman–Crippen MR) is 139 cm³/mol. The molecule has 0 radical (unpaired) electrons. The molecule has 0 saturated heterocycles. The van der Waals surface area contributed by atoms with Crippen LogP contribution in [-0.4, -0.2) is 76.2 Å². The van der Waals surface area contributed by atoms with Crippen LogP contribution in [-0.2, 0) is 15.8 Å². The maximum atomic E-state index is 14.7. The van der Waals surface area contributed by atoms with E-state index in [9.17, 15) is 13.8 Å². The summed E-state index contributed by atoms with van der Waals surface area (Å²) >= 11 is 0. The number of Topliss-reactive ketones (excluding diaryl/α,β-unsaturated/α-hetero) is 1. The van der Waals surface area contributed by atoms with Crippen LogP contribution >= 0.6 is 7.82 Å². The van der Waals surface area contributed by atoms with Crippen LogP contribution in [0.25, 0.3) is 33.4 Å². The molecule has 3 aromatic heterocycles. The number of phosphoric ester groups is 1. The number of phosphoric acid groups is 1. The summed E-state index contributed by atoms with van der Waals surface area (Å²) in [5.74, 6) is -1.11. The largest absolute Gasteiger partial charge is 0.471 e. The monoisotopic (exact) mass is 583 g/mol. The van der Waals surface area contributed by atoms with Gasteiger partial charge in [-0.15, -0.1) is 0 Å². The van der Waals surface area contributed by atoms with Gasteiger partial charge in [0, 0.05) is 40.3 Å². The second-order valence-corrected chi connectivity index (χ2v) is 9.86. The lowest BCUT2D eigenvalue weighted by atomic mass is 9.99. The van der Waals surface area contributed by atoms with Gasteiger partial charge < -0.3 is 46.8 Å². The molecule has 0 spiro atoms. The summed E-state index contributed by atoms with van der Waals surface area (Å²) in [6.07, 6.45) is 4.19. The van der Waals surface area contributed by atoms with Crippen LogP contribution in [0.1, 0.15) is 17.3 Å². The van der Waals surface area contributed by atoms with Crippen molar-refractivity contribution >= 4 is 36.1 Å². The Balaban J connectivity index is 0.000000482. The van der Waals surface area contributed by atoms with Crippen LogP contribution < -0.4 is 17.2 Å². The van der Waals surface area contributed by atoms with Crippen molar-refractivity contribution in [2.75, 3.05) is 31.3 Å². The van der Waals surface area contributed by atoms with Gasteiger partial charge in [-0.2, -0.15) is 5.10 Å². The Morgan fingerprint density at radius 1 is 1.15 bits per heavy atom. The first-order valence-corrected chi connectivity index (χ1v) is 12.7. The fourth-order valence-corrected chi connectivity index (χ4v) is 3.58. The molecule has 0 aliphatic carbocycles. The molecule has 3 heterocycles. The first kappa shape index (κ1) is 30.7. The van der Waals surface area contributed by atoms with Crippen molar-refractivity contribution in [3.05, 3.63) is 42.1 Å². The summed E-state index contributed by atoms with van der Waals surface area (Å²) in [7, 11) is -4.68. The zero-order chi connectivity index (χ0) is 29.8. The van der Waals surface area contributed by atoms with E-state index in [1.165, 1.54) is 31.6 Å². The summed E-state index contributed by atoms with van der Waals surface area (Å²) < 4.78 is 36.5. The number of pyridine rings is 1. The molecular weight excluding hydrogens is 556 g/mol. The molecular formula is C22H27FN7O9P. The number of carbonyl (C=O) groups excluding carboxylic acids is 1. The third-order valence-corrected chi connectivity index (χ3v) is 6.00. The Kier molecular flexibility index (Phi) is 9.34. The van der Waals surface area contributed by atoms with Gasteiger partial charge in [-0.05, 0) is 19.1 Å². The van der Waals surface area contributed by atoms with Crippen molar-refractivity contribution in [1.82, 2.24) is 19.9 Å². The van der Waals surface area contributed by atoms with E-state index in [2.05, 4.69) is 19.8 Å². The lowest BCUT2D eigenvalue weighted by Crippen LogP contribution is -2.50. The third kappa shape index (κ3) is 6.85. The zero-order valence-electron chi connectivity index (χ0n) is 20.9. The minimum Gasteiger partial charge on any atom is -0.398 e. The van der Waals surface area contributed by atoms with E-state index in [0.29, 0.717) is 11.1 Å². The maximum Gasteiger partial charge on any atom is 0.471 e. The van der Waals surface area contributed by atoms with E-state index >= 15 is 0 Å². The van der Waals surface area contributed by atoms with Gasteiger partial charge in [-0.25, -0.2) is 13.6 Å². The summed E-state index contributed by atoms with van der Waals surface area (Å²) in [6.45, 7) is -0.400. The molecule has 0 amide bonds. The fourth-order valence-electron chi connectivity index (χ4n) is 3.31. The second-order valence-electron chi connectivity index (χ2n) is 8.62. The number of ketones is 1. The van der Waals surface area contributed by atoms with Crippen LogP contribution in [0.3, 0.4) is 0 Å². The van der Waals surface area contributed by atoms with Crippen molar-refractivity contribution in [3.8, 4) is 22.4 Å². The Labute approximate surface area is 225 Å². The number of hydrogen-bond donors (Lipinski definition) is 8. The van der Waals surface area contributed by atoms with Gasteiger partial charge in [-0.1, -0.05) is 5.16 Å². The molecule has 0 bridgehead atoms. The Morgan fingerprint density at radius 2 is 1.80 bits per heavy atom. The molecule has 18 heteroatoms. The van der Waals surface area contributed by atoms with E-state index in [0.717, 1.165) is 10.7 Å². The first-order chi connectivity index (χ1) is 18.7. The lowest BCUT2D eigenvalue weighted by molar-refractivity contribution is 0.0697. The molecule has 0 saturated carbocycles. The van der Waals surface area contributed by atoms with Crippen molar-refractivity contribution in [1.29, 1.82) is 0 Å². The number of nitrogens with two attached hydrogens (primary N) is 3. The van der Waals surface area contributed by atoms with Crippen LogP contribution in [0.2, 0.25) is 0 Å². The van der Waals surface area contributed by atoms with Crippen molar-refractivity contribution in [2.45, 2.75) is 19.2 Å². The molecule has 11 N–H and O–H groups in total. The van der Waals surface area contributed by atoms with Gasteiger partial charge in [-0.3, -0.25) is 14.3 Å². The second kappa shape index (κ2) is 12.2. The minimum absolute atomic E-state index is 0.00477. The number of hydrogen-bond acceptors (Lipinski definition) is 13. The van der Waals surface area contributed by atoms with E-state index in [4.69, 9.17) is 46.8 Å². The van der Waals surface area contributed by atoms with Gasteiger partial charge in [0.15, 0.2) is 23.9 Å². The van der Waals surface area contributed by atoms with Gasteiger partial charge in [0.05, 0.1) is 42.6 Å². The number of rotatable bonds is 9. The molecule has 16 nitrogen and oxygen atoms in total. The maximum absolute atomic E-state index is 14.7. The number of nitrogens with zero attached hydrogens (tertiary/aromatic N) is 4. The summed E-state index contributed by atoms with van der Waals surface area (Å²) in [5.41, 5.74) is 16.8. The molecule has 0 unspecified atom stereocenters. The number of fused-ring (bicyclic) bond motifs is 1. The lowest BCUT2D eigenvalue weighted by Gasteiger charge is -2.20. The number of aliphatic hydroxyl groups excluding tert-OH is 3. The normalized spacial score (nSPS) is 11.9. The predicted octanol–water partition coefficient (Wildman–Crippen LogP) is -0.0130. The van der Waals surface area contributed by atoms with Crippen molar-refractivity contribution in [3.63, 3.8) is 0 Å². The Bertz CT molecular complexity index is 1560. The van der Waals surface area contributed by atoms with E-state index in [-0.39, 0.29) is 45.1 Å². The first-order valence-electron chi connectivity index (χ1n) is 11.2. The highest BCUT2D eigenvalue weighted by Crippen LogP contribution is 2.39. The molecule has 0 atom stereocenters. The SMILES string of the molecule is CC(=O)c1cc(-c2ncc(-c3cnn(COP(=O)(O)O)c3)c3onc(N)c23)c(F)cc1N.NC(CO)(CO)CO. The smallest absolute Gasteiger partial charge is 0.398 e. The average molecular weight is 583 g/mol. The van der Waals surface area contributed by atoms with E-state index in [1.807, 2.05) is 0 Å². The topological polar surface area (TPSA) is 279 Å². The van der Waals surface area contributed by atoms with E-state index in [1.54, 1.807) is 0 Å². The molecule has 0 aliphatic rings. The number of aliphatic hydroxyl groups is 3. The standard InChI is InChI=1S/C18H16FN6O6P.C4H11NO3/c1-8(26)10-2-11(13(19)3-14(10)20)16-15-17(31-24-18(15)21)12(5-22-16)9-4-23-25(6-9)7-30-32(27,28)29;5-4(1-6,2-7)3-8/h2-6H,7,20H2,1H3,(H2,21,24)(H2,27,28,29);6-8H,1-3,5H2. The summed E-state index contributed by atoms with van der Waals surface area (Å²) in [5, 5.41) is 32.9. The molecule has 216 valence electrons. The van der Waals surface area contributed by atoms with Crippen molar-refractivity contribution < 1.29 is 47.9 Å². The average Bonchev–Trinajstić information content (AvgIpc) is 3.54. The number of aromatic nitrogens is 4. The third-order valence-electron chi connectivity index (χ3n) is 5.54. The van der Waals surface area contributed by atoms with Crippen LogP contribution in [0.15, 0.2) is 35.2 Å². The number of anilines is 2. The highest BCUT2D eigenvalue weighted by molar-refractivity contribution is 7.46. The van der Waals surface area contributed by atoms with Gasteiger partial charge in [0.2, 0.25) is 0 Å². The molecule has 0 fully saturated rings. The number of halogens is 1. The van der Waals surface area contributed by atoms with Crippen LogP contribution in [0.4, 0.5) is 15.9 Å². The Hall–Kier alpha value is -3.80.